The van der Waals surface area contributed by atoms with Gasteiger partial charge < -0.3 is 14.7 Å². The van der Waals surface area contributed by atoms with Crippen molar-refractivity contribution in [2.24, 2.45) is 0 Å². The summed E-state index contributed by atoms with van der Waals surface area (Å²) in [7, 11) is 0. The third kappa shape index (κ3) is 10.8. The molecule has 2 aliphatic rings. The van der Waals surface area contributed by atoms with Crippen LogP contribution in [0.5, 0.6) is 0 Å². The molecule has 0 atom stereocenters. The number of anilines is 10. The number of hydrogen-bond acceptors (Lipinski definition) is 5. The normalized spacial score (nSPS) is 14.0. The third-order valence-electron chi connectivity index (χ3n) is 17.3. The number of pyridine rings is 1. The molecule has 0 saturated heterocycles. The highest BCUT2D eigenvalue weighted by Crippen LogP contribution is 2.55. The van der Waals surface area contributed by atoms with Crippen LogP contribution >= 0.6 is 0 Å². The molecule has 1 aromatic heterocycles. The molecule has 0 bridgehead atoms. The molecule has 432 valence electrons. The van der Waals surface area contributed by atoms with Crippen LogP contribution in [0, 0.1) is 0 Å². The van der Waals surface area contributed by atoms with E-state index >= 15 is 0 Å². The molecular weight excluding hydrogens is 1050 g/mol. The Morgan fingerprint density at radius 3 is 1.51 bits per heavy atom. The summed E-state index contributed by atoms with van der Waals surface area (Å²) in [5.74, 6) is 0.829. The summed E-state index contributed by atoms with van der Waals surface area (Å²) in [6, 6.07) is 74.8. The topological polar surface area (TPSA) is 25.9 Å². The smallest absolute Gasteiger partial charge is 0.137 e. The van der Waals surface area contributed by atoms with Crippen molar-refractivity contribution in [1.29, 1.82) is 0 Å². The van der Waals surface area contributed by atoms with Crippen molar-refractivity contribution < 1.29 is 6.85 Å². The van der Waals surface area contributed by atoms with Crippen LogP contribution in [0.25, 0.3) is 55.6 Å². The maximum atomic E-state index is 9.70. The van der Waals surface area contributed by atoms with E-state index in [1.54, 1.807) is 0 Å². The Balaban J connectivity index is 1.06. The fraction of sp³-hybridized carbons (Fsp3) is 0.207. The molecule has 87 heavy (non-hydrogen) atoms. The largest absolute Gasteiger partial charge is 0.321 e. The van der Waals surface area contributed by atoms with Gasteiger partial charge in [-0.2, -0.15) is 0 Å². The van der Waals surface area contributed by atoms with Gasteiger partial charge in [-0.15, -0.1) is 0 Å². The van der Waals surface area contributed by atoms with Crippen molar-refractivity contribution in [1.82, 2.24) is 4.98 Å². The van der Waals surface area contributed by atoms with Crippen LogP contribution in [0.1, 0.15) is 112 Å². The van der Waals surface area contributed by atoms with Gasteiger partial charge in [0.25, 0.3) is 0 Å². The molecule has 2 aliphatic heterocycles. The molecule has 10 aromatic carbocycles. The van der Waals surface area contributed by atoms with Crippen molar-refractivity contribution in [3.05, 3.63) is 271 Å². The van der Waals surface area contributed by atoms with Gasteiger partial charge in [-0.05, 0) is 162 Å². The van der Waals surface area contributed by atoms with Gasteiger partial charge in [0.05, 0.1) is 35.3 Å². The highest BCUT2D eigenvalue weighted by atomic mass is 15.4. The number of hydrogen-bond donors (Lipinski definition) is 0. The van der Waals surface area contributed by atoms with E-state index in [1.807, 2.05) is 6.20 Å². The minimum Gasteiger partial charge on any atom is -0.321 e. The number of rotatable bonds is 9. The van der Waals surface area contributed by atoms with E-state index in [1.165, 1.54) is 16.7 Å². The highest BCUT2D eigenvalue weighted by molar-refractivity contribution is 6.04. The van der Waals surface area contributed by atoms with Crippen LogP contribution < -0.4 is 19.6 Å². The van der Waals surface area contributed by atoms with Gasteiger partial charge in [0.2, 0.25) is 0 Å². The Morgan fingerprint density at radius 2 is 0.885 bits per heavy atom. The monoisotopic (exact) mass is 1140 g/mol. The van der Waals surface area contributed by atoms with E-state index in [0.29, 0.717) is 12.2 Å². The van der Waals surface area contributed by atoms with Crippen LogP contribution in [0.3, 0.4) is 0 Å². The molecule has 5 heteroatoms. The van der Waals surface area contributed by atoms with Crippen LogP contribution in [-0.2, 0) is 21.7 Å². The molecule has 11 aromatic rings. The average molecular weight is 1140 g/mol. The summed E-state index contributed by atoms with van der Waals surface area (Å²) < 4.78 is 46.5. The molecule has 13 rings (SSSR count). The SMILES string of the molecule is [2H]c1c([2H])c([2H])c(-c2cc(C(C)(C)C)cc(-c3cc(C(C)(C)C)cc(C(C)(C)C)c3)c2N2CN(c3cc(-c4ccccc4)cc(N(c4ccccc4)c4ccc5c(c4)N(c4cc(C(C)(C)C)ccn4)c4ccccc4-c4ccccc4-5)c3)c3ccccc32)c([2H])c1[2H]. The second-order valence-corrected chi connectivity index (χ2v) is 27.5. The van der Waals surface area contributed by atoms with Crippen molar-refractivity contribution in [3.63, 3.8) is 0 Å². The summed E-state index contributed by atoms with van der Waals surface area (Å²) in [6.45, 7) is 27.1. The van der Waals surface area contributed by atoms with E-state index in [4.69, 9.17) is 9.10 Å². The molecule has 0 fully saturated rings. The van der Waals surface area contributed by atoms with E-state index < -0.39 is 11.5 Å². The van der Waals surface area contributed by atoms with Crippen LogP contribution in [0.15, 0.2) is 249 Å². The lowest BCUT2D eigenvalue weighted by Gasteiger charge is -2.32. The van der Waals surface area contributed by atoms with Crippen molar-refractivity contribution >= 4 is 57.0 Å². The van der Waals surface area contributed by atoms with Gasteiger partial charge >= 0.3 is 0 Å². The zero-order valence-electron chi connectivity index (χ0n) is 57.2. The van der Waals surface area contributed by atoms with E-state index in [9.17, 15) is 2.74 Å². The van der Waals surface area contributed by atoms with Gasteiger partial charge in [-0.25, -0.2) is 4.98 Å². The molecule has 0 aliphatic carbocycles. The van der Waals surface area contributed by atoms with Gasteiger partial charge in [-0.3, -0.25) is 4.90 Å². The molecule has 0 N–H and O–H groups in total. The molecule has 0 radical (unpaired) electrons. The number of benzene rings is 10. The second-order valence-electron chi connectivity index (χ2n) is 27.5. The van der Waals surface area contributed by atoms with Crippen molar-refractivity contribution in [2.75, 3.05) is 26.3 Å². The Morgan fingerprint density at radius 1 is 0.356 bits per heavy atom. The molecule has 0 saturated carbocycles. The minimum absolute atomic E-state index is 0.130. The van der Waals surface area contributed by atoms with Crippen LogP contribution in [-0.4, -0.2) is 11.7 Å². The molecule has 3 heterocycles. The van der Waals surface area contributed by atoms with Gasteiger partial charge in [-0.1, -0.05) is 241 Å². The summed E-state index contributed by atoms with van der Waals surface area (Å²) in [4.78, 5) is 14.6. The molecule has 0 unspecified atom stereocenters. The van der Waals surface area contributed by atoms with E-state index in [-0.39, 0.29) is 46.0 Å². The Kier molecular flexibility index (Phi) is 12.7. The summed E-state index contributed by atoms with van der Waals surface area (Å²) in [5, 5.41) is 0. The van der Waals surface area contributed by atoms with Gasteiger partial charge in [0.1, 0.15) is 12.5 Å². The lowest BCUT2D eigenvalue weighted by Crippen LogP contribution is -2.26. The quantitative estimate of drug-likeness (QED) is 0.143. The molecule has 0 spiro atoms. The zero-order chi connectivity index (χ0) is 64.9. The van der Waals surface area contributed by atoms with E-state index in [0.717, 1.165) is 107 Å². The number of para-hydroxylation sites is 4. The third-order valence-corrected chi connectivity index (χ3v) is 17.3. The number of nitrogens with zero attached hydrogens (tertiary/aromatic N) is 5. The lowest BCUT2D eigenvalue weighted by atomic mass is 9.77. The fourth-order valence-corrected chi connectivity index (χ4v) is 12.4. The second kappa shape index (κ2) is 21.8. The average Bonchev–Trinajstić information content (AvgIpc) is 0.998. The Labute approximate surface area is 523 Å². The molecular formula is C82H79N5. The highest BCUT2D eigenvalue weighted by Gasteiger charge is 2.35. The Hall–Kier alpha value is -9.45. The standard InChI is InChI=1S/C82H79N5/c1-79(2,3)59-42-43-83-77(51-59)87-73-37-25-24-36-69(73)67-34-22-23-35-68(67)70-41-40-64(53-76(70)87)86(63-32-20-15-21-33-63)66-47-57(55-28-16-13-17-29-55)46-65(52-66)84-54-85(75-39-27-26-38-74(75)84)78-71(56-30-18-14-19-31-56)49-62(82(10,11)12)50-72(78)58-44-60(80(4,5)6)48-61(45-58)81(7,8)9/h13-53H,54H2,1-12H3/i14D,18D,19D,30D,31D. The maximum Gasteiger partial charge on any atom is 0.137 e. The van der Waals surface area contributed by atoms with Crippen LogP contribution in [0.2, 0.25) is 0 Å². The minimum atomic E-state index is -0.427. The van der Waals surface area contributed by atoms with Gasteiger partial charge in [0, 0.05) is 51.2 Å². The fourth-order valence-electron chi connectivity index (χ4n) is 12.4. The first-order valence-electron chi connectivity index (χ1n) is 33.0. The lowest BCUT2D eigenvalue weighted by molar-refractivity contribution is 0.569. The number of aromatic nitrogens is 1. The number of fused-ring (bicyclic) bond motifs is 6. The predicted molar refractivity (Wildman–Crippen MR) is 371 cm³/mol. The summed E-state index contributed by atoms with van der Waals surface area (Å²) in [5.41, 5.74) is 21.2. The first kappa shape index (κ1) is 50.8. The first-order valence-corrected chi connectivity index (χ1v) is 30.5. The van der Waals surface area contributed by atoms with Crippen molar-refractivity contribution in [3.8, 4) is 55.6 Å². The van der Waals surface area contributed by atoms with Crippen molar-refractivity contribution in [2.45, 2.75) is 105 Å². The Bertz CT molecular complexity index is 4620. The summed E-state index contributed by atoms with van der Waals surface area (Å²) in [6.07, 6.45) is 1.94. The zero-order valence-corrected chi connectivity index (χ0v) is 52.2. The maximum absolute atomic E-state index is 9.70. The molecule has 5 nitrogen and oxygen atoms in total. The first-order chi connectivity index (χ1) is 43.7. The van der Waals surface area contributed by atoms with Gasteiger partial charge in [0.15, 0.2) is 0 Å². The van der Waals surface area contributed by atoms with Crippen LogP contribution in [0.4, 0.5) is 57.0 Å². The van der Waals surface area contributed by atoms with E-state index in [2.05, 4.69) is 315 Å². The predicted octanol–water partition coefficient (Wildman–Crippen LogP) is 23.1. The molecule has 0 amide bonds. The summed E-state index contributed by atoms with van der Waals surface area (Å²) >= 11 is 0.